The first kappa shape index (κ1) is 25.0. The Morgan fingerprint density at radius 3 is 2.42 bits per heavy atom. The second-order valence-electron chi connectivity index (χ2n) is 8.35. The number of sulfonamides is 1. The van der Waals surface area contributed by atoms with Gasteiger partial charge in [0.2, 0.25) is 15.9 Å². The third kappa shape index (κ3) is 6.87. The molecule has 2 aromatic rings. The number of carbonyl (C=O) groups excluding carboxylic acids is 1. The van der Waals surface area contributed by atoms with Gasteiger partial charge in [-0.1, -0.05) is 63.6 Å². The molecule has 6 nitrogen and oxygen atoms in total. The summed E-state index contributed by atoms with van der Waals surface area (Å²) in [6, 6.07) is 13.4. The van der Waals surface area contributed by atoms with Crippen LogP contribution in [0.1, 0.15) is 39.7 Å². The van der Waals surface area contributed by atoms with Crippen molar-refractivity contribution in [1.29, 1.82) is 0 Å². The van der Waals surface area contributed by atoms with Crippen molar-refractivity contribution in [2.75, 3.05) is 23.7 Å². The maximum absolute atomic E-state index is 12.9. The second-order valence-corrected chi connectivity index (χ2v) is 10.6. The average Bonchev–Trinajstić information content (AvgIpc) is 2.67. The van der Waals surface area contributed by atoms with Gasteiger partial charge in [0.1, 0.15) is 18.4 Å². The number of benzene rings is 2. The summed E-state index contributed by atoms with van der Waals surface area (Å²) in [6.07, 6.45) is 1.38. The Morgan fingerprint density at radius 2 is 1.84 bits per heavy atom. The minimum atomic E-state index is -3.70. The van der Waals surface area contributed by atoms with Gasteiger partial charge >= 0.3 is 0 Å². The van der Waals surface area contributed by atoms with E-state index in [0.29, 0.717) is 17.1 Å². The zero-order valence-corrected chi connectivity index (χ0v) is 20.3. The molecule has 2 rings (SSSR count). The Balaban J connectivity index is 2.08. The standard InChI is InChI=1S/C23H31ClN2O4S/c1-6-20(26(31(5,28)29)18-11-9-10-17(24)16-18)22(27)25-14-15-30-21-13-8-7-12-19(21)23(2,3)4/h7-13,16,20H,6,14-15H2,1-5H3,(H,25,27)/t20-/m1/s1. The molecule has 0 unspecified atom stereocenters. The van der Waals surface area contributed by atoms with Gasteiger partial charge in [0.05, 0.1) is 18.5 Å². The summed E-state index contributed by atoms with van der Waals surface area (Å²) in [6.45, 7) is 8.62. The molecule has 1 N–H and O–H groups in total. The summed E-state index contributed by atoms with van der Waals surface area (Å²) < 4.78 is 32.0. The van der Waals surface area contributed by atoms with Gasteiger partial charge in [0.25, 0.3) is 0 Å². The molecular formula is C23H31ClN2O4S. The van der Waals surface area contributed by atoms with Crippen LogP contribution in [0.3, 0.4) is 0 Å². The van der Waals surface area contributed by atoms with Gasteiger partial charge in [0.15, 0.2) is 0 Å². The smallest absolute Gasteiger partial charge is 0.244 e. The van der Waals surface area contributed by atoms with E-state index >= 15 is 0 Å². The zero-order valence-electron chi connectivity index (χ0n) is 18.7. The predicted octanol–water partition coefficient (Wildman–Crippen LogP) is 4.38. The van der Waals surface area contributed by atoms with Gasteiger partial charge < -0.3 is 10.1 Å². The summed E-state index contributed by atoms with van der Waals surface area (Å²) in [5.74, 6) is 0.383. The van der Waals surface area contributed by atoms with E-state index in [9.17, 15) is 13.2 Å². The van der Waals surface area contributed by atoms with Gasteiger partial charge in [-0.2, -0.15) is 0 Å². The van der Waals surface area contributed by atoms with E-state index in [-0.39, 0.29) is 24.5 Å². The van der Waals surface area contributed by atoms with E-state index in [1.54, 1.807) is 25.1 Å². The van der Waals surface area contributed by atoms with Crippen LogP contribution in [0.4, 0.5) is 5.69 Å². The minimum Gasteiger partial charge on any atom is -0.491 e. The summed E-state index contributed by atoms with van der Waals surface area (Å²) in [5.41, 5.74) is 1.37. The molecule has 0 saturated carbocycles. The summed E-state index contributed by atoms with van der Waals surface area (Å²) in [7, 11) is -3.70. The maximum atomic E-state index is 12.9. The fourth-order valence-electron chi connectivity index (χ4n) is 3.34. The molecule has 0 aliphatic carbocycles. The second kappa shape index (κ2) is 10.4. The molecule has 0 fully saturated rings. The molecule has 0 aliphatic heterocycles. The van der Waals surface area contributed by atoms with E-state index in [1.807, 2.05) is 24.3 Å². The number of ether oxygens (including phenoxy) is 1. The number of para-hydroxylation sites is 1. The van der Waals surface area contributed by atoms with Gasteiger partial charge in [-0.25, -0.2) is 8.42 Å². The topological polar surface area (TPSA) is 75.7 Å². The fourth-order valence-corrected chi connectivity index (χ4v) is 4.73. The molecular weight excluding hydrogens is 436 g/mol. The van der Waals surface area contributed by atoms with Crippen LogP contribution in [0.15, 0.2) is 48.5 Å². The quantitative estimate of drug-likeness (QED) is 0.556. The van der Waals surface area contributed by atoms with Gasteiger partial charge in [0, 0.05) is 5.02 Å². The van der Waals surface area contributed by atoms with Crippen molar-refractivity contribution in [2.45, 2.75) is 45.6 Å². The fraction of sp³-hybridized carbons (Fsp3) is 0.435. The van der Waals surface area contributed by atoms with Crippen molar-refractivity contribution in [2.24, 2.45) is 0 Å². The number of hydrogen-bond acceptors (Lipinski definition) is 4. The van der Waals surface area contributed by atoms with E-state index in [0.717, 1.165) is 21.9 Å². The molecule has 0 bridgehead atoms. The maximum Gasteiger partial charge on any atom is 0.244 e. The van der Waals surface area contributed by atoms with E-state index < -0.39 is 16.1 Å². The van der Waals surface area contributed by atoms with Crippen molar-refractivity contribution in [3.8, 4) is 5.75 Å². The Hall–Kier alpha value is -2.25. The lowest BCUT2D eigenvalue weighted by Gasteiger charge is -2.30. The van der Waals surface area contributed by atoms with Gasteiger partial charge in [-0.05, 0) is 41.7 Å². The Bertz CT molecular complexity index is 1000. The lowest BCUT2D eigenvalue weighted by molar-refractivity contribution is -0.122. The highest BCUT2D eigenvalue weighted by Gasteiger charge is 2.31. The number of hydrogen-bond donors (Lipinski definition) is 1. The molecule has 170 valence electrons. The van der Waals surface area contributed by atoms with Crippen LogP contribution in [-0.2, 0) is 20.2 Å². The van der Waals surface area contributed by atoms with Crippen molar-refractivity contribution in [1.82, 2.24) is 5.32 Å². The molecule has 31 heavy (non-hydrogen) atoms. The number of amides is 1. The predicted molar refractivity (Wildman–Crippen MR) is 127 cm³/mol. The van der Waals surface area contributed by atoms with E-state index in [1.165, 1.54) is 6.07 Å². The van der Waals surface area contributed by atoms with Crippen LogP contribution in [0, 0.1) is 0 Å². The molecule has 0 radical (unpaired) electrons. The SMILES string of the molecule is CC[C@H](C(=O)NCCOc1ccccc1C(C)(C)C)N(c1cccc(Cl)c1)S(C)(=O)=O. The number of anilines is 1. The highest BCUT2D eigenvalue weighted by atomic mass is 35.5. The summed E-state index contributed by atoms with van der Waals surface area (Å²) in [4.78, 5) is 12.9. The van der Waals surface area contributed by atoms with Gasteiger partial charge in [-0.3, -0.25) is 9.10 Å². The van der Waals surface area contributed by atoms with Crippen molar-refractivity contribution < 1.29 is 17.9 Å². The lowest BCUT2D eigenvalue weighted by Crippen LogP contribution is -2.50. The summed E-state index contributed by atoms with van der Waals surface area (Å²) in [5, 5.41) is 3.19. The first-order valence-electron chi connectivity index (χ1n) is 10.2. The van der Waals surface area contributed by atoms with Crippen LogP contribution in [0.5, 0.6) is 5.75 Å². The number of nitrogens with zero attached hydrogens (tertiary/aromatic N) is 1. The number of rotatable bonds is 9. The normalized spacial score (nSPS) is 12.8. The molecule has 8 heteroatoms. The molecule has 0 heterocycles. The van der Waals surface area contributed by atoms with Crippen molar-refractivity contribution >= 4 is 33.2 Å². The first-order valence-corrected chi connectivity index (χ1v) is 12.4. The zero-order chi connectivity index (χ0) is 23.2. The van der Waals surface area contributed by atoms with Crippen LogP contribution < -0.4 is 14.4 Å². The summed E-state index contributed by atoms with van der Waals surface area (Å²) >= 11 is 6.03. The molecule has 1 atom stereocenters. The Labute approximate surface area is 190 Å². The molecule has 0 spiro atoms. The van der Waals surface area contributed by atoms with Crippen molar-refractivity contribution in [3.63, 3.8) is 0 Å². The largest absolute Gasteiger partial charge is 0.491 e. The number of nitrogens with one attached hydrogen (secondary N) is 1. The van der Waals surface area contributed by atoms with E-state index in [4.69, 9.17) is 16.3 Å². The highest BCUT2D eigenvalue weighted by molar-refractivity contribution is 7.92. The highest BCUT2D eigenvalue weighted by Crippen LogP contribution is 2.31. The third-order valence-electron chi connectivity index (χ3n) is 4.75. The molecule has 1 amide bonds. The average molecular weight is 467 g/mol. The van der Waals surface area contributed by atoms with Crippen LogP contribution in [-0.4, -0.2) is 39.8 Å². The minimum absolute atomic E-state index is 0.0694. The van der Waals surface area contributed by atoms with E-state index in [2.05, 4.69) is 26.1 Å². The first-order chi connectivity index (χ1) is 14.4. The molecule has 0 aliphatic rings. The van der Waals surface area contributed by atoms with Crippen LogP contribution >= 0.6 is 11.6 Å². The van der Waals surface area contributed by atoms with Crippen molar-refractivity contribution in [3.05, 3.63) is 59.1 Å². The monoisotopic (exact) mass is 466 g/mol. The number of halogens is 1. The van der Waals surface area contributed by atoms with Crippen LogP contribution in [0.25, 0.3) is 0 Å². The van der Waals surface area contributed by atoms with Gasteiger partial charge in [-0.15, -0.1) is 0 Å². The van der Waals surface area contributed by atoms with Crippen LogP contribution in [0.2, 0.25) is 5.02 Å². The molecule has 2 aromatic carbocycles. The number of carbonyl (C=O) groups is 1. The molecule has 0 aromatic heterocycles. The Kier molecular flexibility index (Phi) is 8.37. The Morgan fingerprint density at radius 1 is 1.16 bits per heavy atom. The lowest BCUT2D eigenvalue weighted by atomic mass is 9.86. The third-order valence-corrected chi connectivity index (χ3v) is 6.16. The molecule has 0 saturated heterocycles.